The van der Waals surface area contributed by atoms with Gasteiger partial charge in [0.05, 0.1) is 18.6 Å². The van der Waals surface area contributed by atoms with E-state index in [1.807, 2.05) is 11.9 Å². The van der Waals surface area contributed by atoms with Crippen LogP contribution < -0.4 is 0 Å². The lowest BCUT2D eigenvalue weighted by molar-refractivity contribution is -0.140. The van der Waals surface area contributed by atoms with Crippen LogP contribution >= 0.6 is 11.3 Å². The Kier molecular flexibility index (Phi) is 6.54. The molecule has 2 heterocycles. The van der Waals surface area contributed by atoms with Gasteiger partial charge in [-0.3, -0.25) is 9.69 Å². The van der Waals surface area contributed by atoms with E-state index in [0.717, 1.165) is 31.5 Å². The molecule has 0 N–H and O–H groups in total. The second-order valence-electron chi connectivity index (χ2n) is 8.33. The first kappa shape index (κ1) is 20.8. The van der Waals surface area contributed by atoms with Crippen LogP contribution in [0.15, 0.2) is 29.6 Å². The van der Waals surface area contributed by atoms with Gasteiger partial charge in [-0.2, -0.15) is 0 Å². The molecule has 1 aromatic carbocycles. The molecule has 0 spiro atoms. The number of thiophene rings is 1. The molecule has 1 aliphatic carbocycles. The summed E-state index contributed by atoms with van der Waals surface area (Å²) in [6.07, 6.45) is 4.78. The second kappa shape index (κ2) is 9.13. The van der Waals surface area contributed by atoms with Gasteiger partial charge in [0.1, 0.15) is 0 Å². The Balaban J connectivity index is 1.54. The molecule has 158 valence electrons. The maximum Gasteiger partial charge on any atom is 0.227 e. The Labute approximate surface area is 177 Å². The van der Waals surface area contributed by atoms with E-state index < -0.39 is 0 Å². The van der Waals surface area contributed by atoms with Crippen molar-refractivity contribution in [2.75, 3.05) is 34.4 Å². The maximum absolute atomic E-state index is 13.3. The summed E-state index contributed by atoms with van der Waals surface area (Å²) < 4.78 is 12.7. The first-order valence-electron chi connectivity index (χ1n) is 10.6. The largest absolute Gasteiger partial charge is 0.379 e. The number of hydrogen-bond acceptors (Lipinski definition) is 5. The molecule has 1 saturated heterocycles. The molecule has 2 aromatic rings. The molecule has 0 radical (unpaired) electrons. The van der Waals surface area contributed by atoms with Crippen molar-refractivity contribution in [1.82, 2.24) is 9.80 Å². The number of amides is 1. The van der Waals surface area contributed by atoms with Crippen molar-refractivity contribution in [3.8, 4) is 0 Å². The van der Waals surface area contributed by atoms with Gasteiger partial charge in [-0.1, -0.05) is 12.1 Å². The van der Waals surface area contributed by atoms with Crippen molar-refractivity contribution >= 4 is 27.3 Å². The minimum absolute atomic E-state index is 0.0272. The van der Waals surface area contributed by atoms with Crippen molar-refractivity contribution in [3.63, 3.8) is 0 Å². The Morgan fingerprint density at radius 3 is 2.59 bits per heavy atom. The van der Waals surface area contributed by atoms with Crippen LogP contribution in [0.1, 0.15) is 31.2 Å². The molecule has 4 atom stereocenters. The normalized spacial score (nSPS) is 28.1. The fourth-order valence-electron chi connectivity index (χ4n) is 5.16. The summed E-state index contributed by atoms with van der Waals surface area (Å²) in [5, 5.41) is 3.30. The number of nitrogens with zero attached hydrogens (tertiary/aromatic N) is 2. The van der Waals surface area contributed by atoms with Gasteiger partial charge in [0, 0.05) is 38.1 Å². The summed E-state index contributed by atoms with van der Waals surface area (Å²) in [7, 11) is 5.50. The van der Waals surface area contributed by atoms with E-state index in [0.29, 0.717) is 12.5 Å². The number of ether oxygens (including phenoxy) is 2. The summed E-state index contributed by atoms with van der Waals surface area (Å²) in [4.78, 5) is 17.9. The number of carbonyl (C=O) groups excluding carboxylic acids is 1. The van der Waals surface area contributed by atoms with E-state index in [1.54, 1.807) is 25.6 Å². The molecule has 0 bridgehead atoms. The average Bonchev–Trinajstić information content (AvgIpc) is 3.44. The van der Waals surface area contributed by atoms with E-state index in [4.69, 9.17) is 9.47 Å². The summed E-state index contributed by atoms with van der Waals surface area (Å²) >= 11 is 1.73. The molecule has 2 aliphatic rings. The topological polar surface area (TPSA) is 42.0 Å². The predicted octanol–water partition coefficient (Wildman–Crippen LogP) is 3.56. The minimum atomic E-state index is 0.0272. The van der Waals surface area contributed by atoms with Crippen LogP contribution in [0.25, 0.3) is 10.1 Å². The third kappa shape index (κ3) is 4.22. The number of rotatable bonds is 6. The third-order valence-corrected chi connectivity index (χ3v) is 7.72. The van der Waals surface area contributed by atoms with Gasteiger partial charge < -0.3 is 14.4 Å². The van der Waals surface area contributed by atoms with Crippen LogP contribution in [0, 0.1) is 0 Å². The van der Waals surface area contributed by atoms with E-state index in [1.165, 1.54) is 22.9 Å². The fourth-order valence-corrected chi connectivity index (χ4v) is 5.99. The van der Waals surface area contributed by atoms with E-state index >= 15 is 0 Å². The third-order valence-electron chi connectivity index (χ3n) is 6.84. The van der Waals surface area contributed by atoms with Gasteiger partial charge in [-0.15, -0.1) is 11.3 Å². The Bertz CT molecular complexity index is 832. The van der Waals surface area contributed by atoms with Crippen LogP contribution in [-0.2, 0) is 20.7 Å². The molecule has 1 aliphatic heterocycles. The molecule has 6 heteroatoms. The van der Waals surface area contributed by atoms with Crippen LogP contribution in [-0.4, -0.2) is 74.4 Å². The molecule has 5 nitrogen and oxygen atoms in total. The number of carbonyl (C=O) groups is 1. The zero-order valence-electron chi connectivity index (χ0n) is 17.7. The van der Waals surface area contributed by atoms with Crippen LogP contribution in [0.3, 0.4) is 0 Å². The molecule has 4 rings (SSSR count). The fraction of sp³-hybridized carbons (Fsp3) is 0.609. The van der Waals surface area contributed by atoms with Gasteiger partial charge >= 0.3 is 0 Å². The quantitative estimate of drug-likeness (QED) is 0.722. The molecule has 1 amide bonds. The lowest BCUT2D eigenvalue weighted by atomic mass is 9.84. The second-order valence-corrected chi connectivity index (χ2v) is 9.28. The highest BCUT2D eigenvalue weighted by atomic mass is 32.1. The molecule has 2 fully saturated rings. The molecule has 29 heavy (non-hydrogen) atoms. The van der Waals surface area contributed by atoms with Gasteiger partial charge in [0.15, 0.2) is 0 Å². The molecule has 1 saturated carbocycles. The van der Waals surface area contributed by atoms with Crippen molar-refractivity contribution in [2.45, 2.75) is 56.4 Å². The van der Waals surface area contributed by atoms with Crippen molar-refractivity contribution in [1.29, 1.82) is 0 Å². The predicted molar refractivity (Wildman–Crippen MR) is 118 cm³/mol. The standard InChI is InChI=1S/C23H32N2O3S/c1-24(23(26)13-16-7-6-8-22-17(16)9-12-29-22)18-14-20(27-2)21(28-3)15-19(18)25-10-4-5-11-25/h6-9,12,18-21H,4-5,10-11,13-15H2,1-3H3/t18-,19-,20-,21+/m1/s1. The highest BCUT2D eigenvalue weighted by molar-refractivity contribution is 7.17. The Morgan fingerprint density at radius 1 is 1.14 bits per heavy atom. The van der Waals surface area contributed by atoms with Gasteiger partial charge in [0.25, 0.3) is 0 Å². The Hall–Kier alpha value is -1.47. The van der Waals surface area contributed by atoms with Crippen molar-refractivity contribution < 1.29 is 14.3 Å². The molecular weight excluding hydrogens is 384 g/mol. The van der Waals surface area contributed by atoms with Gasteiger partial charge in [0.2, 0.25) is 5.91 Å². The van der Waals surface area contributed by atoms with Gasteiger partial charge in [-0.25, -0.2) is 0 Å². The smallest absolute Gasteiger partial charge is 0.227 e. The first-order valence-corrected chi connectivity index (χ1v) is 11.5. The molecular formula is C23H32N2O3S. The summed E-state index contributed by atoms with van der Waals surface area (Å²) in [5.41, 5.74) is 1.12. The highest BCUT2D eigenvalue weighted by Crippen LogP contribution is 2.33. The zero-order chi connectivity index (χ0) is 20.4. The number of likely N-dealkylation sites (tertiary alicyclic amines) is 1. The van der Waals surface area contributed by atoms with E-state index in [9.17, 15) is 4.79 Å². The van der Waals surface area contributed by atoms with E-state index in [2.05, 4.69) is 34.5 Å². The number of fused-ring (bicyclic) bond motifs is 1. The lowest BCUT2D eigenvalue weighted by Crippen LogP contribution is -2.59. The minimum Gasteiger partial charge on any atom is -0.379 e. The molecule has 1 aromatic heterocycles. The average molecular weight is 417 g/mol. The van der Waals surface area contributed by atoms with Crippen LogP contribution in [0.5, 0.6) is 0 Å². The van der Waals surface area contributed by atoms with Crippen LogP contribution in [0.2, 0.25) is 0 Å². The first-order chi connectivity index (χ1) is 14.1. The summed E-state index contributed by atoms with van der Waals surface area (Å²) in [6.45, 7) is 2.23. The van der Waals surface area contributed by atoms with Gasteiger partial charge in [-0.05, 0) is 67.2 Å². The van der Waals surface area contributed by atoms with E-state index in [-0.39, 0.29) is 24.2 Å². The molecule has 0 unspecified atom stereocenters. The van der Waals surface area contributed by atoms with Crippen molar-refractivity contribution in [2.24, 2.45) is 0 Å². The maximum atomic E-state index is 13.3. The lowest BCUT2D eigenvalue weighted by Gasteiger charge is -2.47. The number of benzene rings is 1. The number of hydrogen-bond donors (Lipinski definition) is 0. The number of likely N-dealkylation sites (N-methyl/N-ethyl adjacent to an activating group) is 1. The summed E-state index contributed by atoms with van der Waals surface area (Å²) in [5.74, 6) is 0.184. The highest BCUT2D eigenvalue weighted by Gasteiger charge is 2.43. The summed E-state index contributed by atoms with van der Waals surface area (Å²) in [6, 6.07) is 8.87. The SMILES string of the molecule is CO[C@H]1C[C@@H](N2CCCC2)[C@H](N(C)C(=O)Cc2cccc3sccc23)C[C@H]1OC. The Morgan fingerprint density at radius 2 is 1.86 bits per heavy atom. The number of methoxy groups -OCH3 is 2. The van der Waals surface area contributed by atoms with Crippen LogP contribution in [0.4, 0.5) is 0 Å². The monoisotopic (exact) mass is 416 g/mol. The van der Waals surface area contributed by atoms with Crippen molar-refractivity contribution in [3.05, 3.63) is 35.2 Å². The zero-order valence-corrected chi connectivity index (χ0v) is 18.5.